The molecule has 0 saturated heterocycles. The summed E-state index contributed by atoms with van der Waals surface area (Å²) in [7, 11) is 1.65. The maximum Gasteiger partial charge on any atom is 0.252 e. The Labute approximate surface area is 149 Å². The van der Waals surface area contributed by atoms with E-state index in [-0.39, 0.29) is 18.1 Å². The van der Waals surface area contributed by atoms with Gasteiger partial charge < -0.3 is 9.30 Å². The summed E-state index contributed by atoms with van der Waals surface area (Å²) >= 11 is 1.49. The first-order valence-corrected chi connectivity index (χ1v) is 8.79. The Morgan fingerprint density at radius 3 is 2.72 bits per heavy atom. The van der Waals surface area contributed by atoms with Crippen molar-refractivity contribution in [2.75, 3.05) is 13.7 Å². The summed E-state index contributed by atoms with van der Waals surface area (Å²) in [5.74, 6) is -0.563. The number of amides is 1. The molecule has 4 nitrogen and oxygen atoms in total. The Bertz CT molecular complexity index is 958. The van der Waals surface area contributed by atoms with Crippen LogP contribution < -0.4 is 4.80 Å². The van der Waals surface area contributed by atoms with Gasteiger partial charge in [0.25, 0.3) is 5.91 Å². The summed E-state index contributed by atoms with van der Waals surface area (Å²) in [6.07, 6.45) is 0.151. The Kier molecular flexibility index (Phi) is 5.40. The molecule has 0 aliphatic carbocycles. The second kappa shape index (κ2) is 7.72. The van der Waals surface area contributed by atoms with E-state index in [1.54, 1.807) is 19.2 Å². The zero-order valence-corrected chi connectivity index (χ0v) is 15.0. The quantitative estimate of drug-likeness (QED) is 0.701. The van der Waals surface area contributed by atoms with Crippen molar-refractivity contribution < 1.29 is 13.9 Å². The number of ether oxygens (including phenoxy) is 1. The molecule has 0 aliphatic heterocycles. The van der Waals surface area contributed by atoms with Crippen LogP contribution >= 0.6 is 11.3 Å². The number of hydrogen-bond acceptors (Lipinski definition) is 3. The van der Waals surface area contributed by atoms with E-state index in [0.717, 1.165) is 21.3 Å². The normalized spacial score (nSPS) is 12.0. The number of halogens is 1. The first-order valence-electron chi connectivity index (χ1n) is 7.98. The molecule has 3 rings (SSSR count). The van der Waals surface area contributed by atoms with Gasteiger partial charge in [-0.2, -0.15) is 4.99 Å². The number of methoxy groups -OCH3 is 1. The van der Waals surface area contributed by atoms with E-state index < -0.39 is 0 Å². The molecular weight excluding hydrogens is 339 g/mol. The van der Waals surface area contributed by atoms with Crippen LogP contribution in [0.15, 0.2) is 47.5 Å². The lowest BCUT2D eigenvalue weighted by Gasteiger charge is -2.04. The number of hydrogen-bond donors (Lipinski definition) is 0. The molecule has 3 aromatic rings. The number of fused-ring (bicyclic) bond motifs is 1. The lowest BCUT2D eigenvalue weighted by molar-refractivity contribution is -0.117. The molecule has 0 bridgehead atoms. The monoisotopic (exact) mass is 358 g/mol. The van der Waals surface area contributed by atoms with Gasteiger partial charge in [0.2, 0.25) is 0 Å². The molecule has 0 saturated carbocycles. The van der Waals surface area contributed by atoms with Crippen LogP contribution in [0.25, 0.3) is 10.2 Å². The SMILES string of the molecule is COCCn1c(=NC(=O)Cc2ccc(F)cc2)sc2cc(C)ccc21. The third-order valence-electron chi connectivity index (χ3n) is 3.85. The van der Waals surface area contributed by atoms with Crippen LogP contribution in [0.3, 0.4) is 0 Å². The van der Waals surface area contributed by atoms with Crippen molar-refractivity contribution in [1.82, 2.24) is 4.57 Å². The zero-order chi connectivity index (χ0) is 17.8. The second-order valence-electron chi connectivity index (χ2n) is 5.81. The molecule has 25 heavy (non-hydrogen) atoms. The summed E-state index contributed by atoms with van der Waals surface area (Å²) in [6.45, 7) is 3.20. The van der Waals surface area contributed by atoms with Gasteiger partial charge in [-0.25, -0.2) is 4.39 Å². The van der Waals surface area contributed by atoms with E-state index in [2.05, 4.69) is 11.1 Å². The zero-order valence-electron chi connectivity index (χ0n) is 14.2. The van der Waals surface area contributed by atoms with Crippen LogP contribution in [-0.4, -0.2) is 24.2 Å². The van der Waals surface area contributed by atoms with Crippen LogP contribution in [0.1, 0.15) is 11.1 Å². The first-order chi connectivity index (χ1) is 12.1. The van der Waals surface area contributed by atoms with Crippen molar-refractivity contribution in [1.29, 1.82) is 0 Å². The van der Waals surface area contributed by atoms with Crippen molar-refractivity contribution in [2.24, 2.45) is 4.99 Å². The molecule has 0 aliphatic rings. The third kappa shape index (κ3) is 4.21. The molecule has 0 atom stereocenters. The van der Waals surface area contributed by atoms with Crippen molar-refractivity contribution >= 4 is 27.5 Å². The largest absolute Gasteiger partial charge is 0.383 e. The highest BCUT2D eigenvalue weighted by Gasteiger charge is 2.09. The number of aryl methyl sites for hydroxylation is 1. The van der Waals surface area contributed by atoms with Gasteiger partial charge in [0.05, 0.1) is 23.2 Å². The molecule has 0 N–H and O–H groups in total. The van der Waals surface area contributed by atoms with E-state index in [9.17, 15) is 9.18 Å². The van der Waals surface area contributed by atoms with Gasteiger partial charge in [-0.1, -0.05) is 29.5 Å². The Morgan fingerprint density at radius 1 is 1.24 bits per heavy atom. The summed E-state index contributed by atoms with van der Waals surface area (Å²) in [4.78, 5) is 17.3. The number of thiazole rings is 1. The predicted molar refractivity (Wildman–Crippen MR) is 97.1 cm³/mol. The number of nitrogens with zero attached hydrogens (tertiary/aromatic N) is 2. The maximum absolute atomic E-state index is 13.0. The van der Waals surface area contributed by atoms with Crippen LogP contribution in [0.5, 0.6) is 0 Å². The van der Waals surface area contributed by atoms with Gasteiger partial charge in [-0.05, 0) is 42.3 Å². The average molecular weight is 358 g/mol. The third-order valence-corrected chi connectivity index (χ3v) is 4.89. The van der Waals surface area contributed by atoms with E-state index in [0.29, 0.717) is 18.0 Å². The molecule has 0 radical (unpaired) electrons. The summed E-state index contributed by atoms with van der Waals surface area (Å²) in [5.41, 5.74) is 2.95. The fraction of sp³-hybridized carbons (Fsp3) is 0.263. The van der Waals surface area contributed by atoms with Gasteiger partial charge >= 0.3 is 0 Å². The summed E-state index contributed by atoms with van der Waals surface area (Å²) < 4.78 is 21.2. The molecule has 130 valence electrons. The predicted octanol–water partition coefficient (Wildman–Crippen LogP) is 3.47. The topological polar surface area (TPSA) is 43.6 Å². The van der Waals surface area contributed by atoms with E-state index in [1.807, 2.05) is 23.6 Å². The van der Waals surface area contributed by atoms with Crippen molar-refractivity contribution in [3.05, 3.63) is 64.2 Å². The fourth-order valence-electron chi connectivity index (χ4n) is 2.59. The molecule has 6 heteroatoms. The van der Waals surface area contributed by atoms with E-state index >= 15 is 0 Å². The maximum atomic E-state index is 13.0. The van der Waals surface area contributed by atoms with Gasteiger partial charge in [0.1, 0.15) is 5.82 Å². The summed E-state index contributed by atoms with van der Waals surface area (Å²) in [5, 5.41) is 0. The van der Waals surface area contributed by atoms with Crippen LogP contribution in [0.2, 0.25) is 0 Å². The van der Waals surface area contributed by atoms with Crippen LogP contribution in [-0.2, 0) is 22.5 Å². The minimum atomic E-state index is -0.314. The highest BCUT2D eigenvalue weighted by atomic mass is 32.1. The molecular formula is C19H19FN2O2S. The molecule has 1 aromatic heterocycles. The lowest BCUT2D eigenvalue weighted by atomic mass is 10.1. The van der Waals surface area contributed by atoms with E-state index in [1.165, 1.54) is 23.5 Å². The Morgan fingerprint density at radius 2 is 2.00 bits per heavy atom. The Balaban J connectivity index is 1.96. The molecule has 1 amide bonds. The Hall–Kier alpha value is -2.31. The summed E-state index contributed by atoms with van der Waals surface area (Å²) in [6, 6.07) is 12.1. The van der Waals surface area contributed by atoms with Gasteiger partial charge in [0, 0.05) is 13.7 Å². The first kappa shape index (κ1) is 17.5. The molecule has 0 spiro atoms. The van der Waals surface area contributed by atoms with Gasteiger partial charge in [0.15, 0.2) is 4.80 Å². The highest BCUT2D eigenvalue weighted by Crippen LogP contribution is 2.19. The smallest absolute Gasteiger partial charge is 0.252 e. The van der Waals surface area contributed by atoms with Crippen molar-refractivity contribution in [3.63, 3.8) is 0 Å². The standard InChI is InChI=1S/C19H19FN2O2S/c1-13-3-8-16-17(11-13)25-19(22(16)9-10-24-2)21-18(23)12-14-4-6-15(20)7-5-14/h3-8,11H,9-10,12H2,1-2H3. The highest BCUT2D eigenvalue weighted by molar-refractivity contribution is 7.16. The van der Waals surface area contributed by atoms with E-state index in [4.69, 9.17) is 4.74 Å². The second-order valence-corrected chi connectivity index (χ2v) is 6.82. The number of aromatic nitrogens is 1. The lowest BCUT2D eigenvalue weighted by Crippen LogP contribution is -2.19. The molecule has 0 fully saturated rings. The molecule has 0 unspecified atom stereocenters. The van der Waals surface area contributed by atoms with Gasteiger partial charge in [-0.3, -0.25) is 4.79 Å². The van der Waals surface area contributed by atoms with Crippen molar-refractivity contribution in [3.8, 4) is 0 Å². The number of carbonyl (C=O) groups is 1. The molecule has 2 aromatic carbocycles. The molecule has 1 heterocycles. The minimum Gasteiger partial charge on any atom is -0.383 e. The number of rotatable bonds is 5. The fourth-order valence-corrected chi connectivity index (χ4v) is 3.76. The van der Waals surface area contributed by atoms with Crippen LogP contribution in [0.4, 0.5) is 4.39 Å². The number of benzene rings is 2. The van der Waals surface area contributed by atoms with Gasteiger partial charge in [-0.15, -0.1) is 0 Å². The minimum absolute atomic E-state index is 0.151. The van der Waals surface area contributed by atoms with Crippen LogP contribution in [0, 0.1) is 12.7 Å². The van der Waals surface area contributed by atoms with Crippen molar-refractivity contribution in [2.45, 2.75) is 19.9 Å². The average Bonchev–Trinajstić information content (AvgIpc) is 2.91. The number of carbonyl (C=O) groups excluding carboxylic acids is 1.